The summed E-state index contributed by atoms with van der Waals surface area (Å²) in [6.07, 6.45) is -4.43. The summed E-state index contributed by atoms with van der Waals surface area (Å²) in [6, 6.07) is 5.26. The number of carbonyl (C=O) groups excluding carboxylic acids is 1. The van der Waals surface area contributed by atoms with Crippen LogP contribution in [0.5, 0.6) is 5.75 Å². The van der Waals surface area contributed by atoms with Crippen LogP contribution in [-0.4, -0.2) is 31.9 Å². The number of benzene rings is 1. The third kappa shape index (κ3) is 6.51. The molecule has 0 saturated carbocycles. The molecule has 0 saturated heterocycles. The van der Waals surface area contributed by atoms with E-state index < -0.39 is 18.8 Å². The van der Waals surface area contributed by atoms with Gasteiger partial charge in [-0.05, 0) is 24.3 Å². The van der Waals surface area contributed by atoms with Gasteiger partial charge in [-0.15, -0.1) is 0 Å². The first-order chi connectivity index (χ1) is 8.90. The number of carbonyl (C=O) groups is 1. The molecule has 0 fully saturated rings. The Morgan fingerprint density at radius 3 is 2.42 bits per heavy atom. The molecule has 4 N–H and O–H groups in total. The van der Waals surface area contributed by atoms with E-state index in [1.165, 1.54) is 12.1 Å². The third-order valence-electron chi connectivity index (χ3n) is 1.95. The van der Waals surface area contributed by atoms with Gasteiger partial charge in [-0.2, -0.15) is 13.2 Å². The van der Waals surface area contributed by atoms with Gasteiger partial charge in [0.2, 0.25) is 0 Å². The highest BCUT2D eigenvalue weighted by molar-refractivity contribution is 5.89. The fourth-order valence-corrected chi connectivity index (χ4v) is 1.17. The summed E-state index contributed by atoms with van der Waals surface area (Å²) in [4.78, 5) is 11.1. The number of hydrogen-bond acceptors (Lipinski definition) is 3. The Labute approximate surface area is 107 Å². The molecule has 0 spiro atoms. The average Bonchev–Trinajstić information content (AvgIpc) is 2.35. The van der Waals surface area contributed by atoms with Crippen molar-refractivity contribution in [3.05, 3.63) is 24.3 Å². The zero-order valence-corrected chi connectivity index (χ0v) is 9.96. The van der Waals surface area contributed by atoms with E-state index in [0.717, 1.165) is 0 Å². The molecule has 0 radical (unpaired) electrons. The van der Waals surface area contributed by atoms with Gasteiger partial charge in [-0.25, -0.2) is 4.79 Å². The minimum atomic E-state index is -4.43. The van der Waals surface area contributed by atoms with E-state index in [9.17, 15) is 18.0 Å². The van der Waals surface area contributed by atoms with Crippen molar-refractivity contribution in [2.24, 2.45) is 5.73 Å². The van der Waals surface area contributed by atoms with Crippen molar-refractivity contribution < 1.29 is 22.7 Å². The van der Waals surface area contributed by atoms with Crippen LogP contribution in [0.15, 0.2) is 24.3 Å². The lowest BCUT2D eigenvalue weighted by Crippen LogP contribution is -2.36. The summed E-state index contributed by atoms with van der Waals surface area (Å²) in [5.74, 6) is 0.562. The highest BCUT2D eigenvalue weighted by atomic mass is 19.4. The Morgan fingerprint density at radius 1 is 1.26 bits per heavy atom. The molecule has 0 aliphatic carbocycles. The molecular formula is C11H14F3N3O2. The summed E-state index contributed by atoms with van der Waals surface area (Å²) < 4.78 is 40.8. The fourth-order valence-electron chi connectivity index (χ4n) is 1.17. The number of nitrogens with two attached hydrogens (primary N) is 1. The quantitative estimate of drug-likeness (QED) is 0.766. The molecule has 0 unspecified atom stereocenters. The maximum Gasteiger partial charge on any atom is 0.405 e. The van der Waals surface area contributed by atoms with Crippen molar-refractivity contribution in [2.75, 3.05) is 25.0 Å². The highest BCUT2D eigenvalue weighted by Crippen LogP contribution is 2.16. The van der Waals surface area contributed by atoms with Crippen molar-refractivity contribution in [3.63, 3.8) is 0 Å². The van der Waals surface area contributed by atoms with Crippen LogP contribution in [0, 0.1) is 0 Å². The number of rotatable bonds is 5. The molecule has 0 heterocycles. The van der Waals surface area contributed by atoms with E-state index in [4.69, 9.17) is 10.5 Å². The number of amides is 2. The standard InChI is InChI=1S/C11H14F3N3O2/c12-11(13,14)7-16-10(18)17-8-1-3-9(4-2-8)19-6-5-15/h1-4H,5-7,15H2,(H2,16,17,18). The lowest BCUT2D eigenvalue weighted by Gasteiger charge is -2.10. The average molecular weight is 277 g/mol. The normalized spacial score (nSPS) is 10.9. The van der Waals surface area contributed by atoms with Crippen LogP contribution < -0.4 is 21.1 Å². The number of ether oxygens (including phenoxy) is 1. The molecule has 8 heteroatoms. The lowest BCUT2D eigenvalue weighted by molar-refractivity contribution is -0.122. The van der Waals surface area contributed by atoms with Gasteiger partial charge >= 0.3 is 12.2 Å². The first-order valence-electron chi connectivity index (χ1n) is 5.45. The second-order valence-electron chi connectivity index (χ2n) is 3.58. The van der Waals surface area contributed by atoms with Gasteiger partial charge in [0.05, 0.1) is 0 Å². The number of alkyl halides is 3. The maximum absolute atomic E-state index is 11.9. The van der Waals surface area contributed by atoms with Crippen LogP contribution in [0.3, 0.4) is 0 Å². The molecule has 0 atom stereocenters. The summed E-state index contributed by atoms with van der Waals surface area (Å²) in [5.41, 5.74) is 5.62. The van der Waals surface area contributed by atoms with Crippen LogP contribution in [0.25, 0.3) is 0 Å². The van der Waals surface area contributed by atoms with Crippen LogP contribution in [0.1, 0.15) is 0 Å². The van der Waals surface area contributed by atoms with E-state index in [1.54, 1.807) is 17.4 Å². The zero-order chi connectivity index (χ0) is 14.3. The molecule has 5 nitrogen and oxygen atoms in total. The Bertz CT molecular complexity index is 407. The van der Waals surface area contributed by atoms with Gasteiger partial charge in [0.25, 0.3) is 0 Å². The minimum Gasteiger partial charge on any atom is -0.492 e. The van der Waals surface area contributed by atoms with Gasteiger partial charge in [0.15, 0.2) is 0 Å². The van der Waals surface area contributed by atoms with Gasteiger partial charge in [-0.3, -0.25) is 0 Å². The van der Waals surface area contributed by atoms with Crippen molar-refractivity contribution in [1.29, 1.82) is 0 Å². The molecule has 19 heavy (non-hydrogen) atoms. The molecular weight excluding hydrogens is 263 g/mol. The molecule has 1 aromatic rings. The molecule has 0 aliphatic rings. The maximum atomic E-state index is 11.9. The van der Waals surface area contributed by atoms with Crippen LogP contribution in [0.4, 0.5) is 23.7 Å². The smallest absolute Gasteiger partial charge is 0.405 e. The second-order valence-corrected chi connectivity index (χ2v) is 3.58. The molecule has 106 valence electrons. The van der Waals surface area contributed by atoms with Gasteiger partial charge in [0.1, 0.15) is 18.9 Å². The van der Waals surface area contributed by atoms with E-state index in [1.807, 2.05) is 0 Å². The molecule has 0 aliphatic heterocycles. The monoisotopic (exact) mass is 277 g/mol. The van der Waals surface area contributed by atoms with E-state index in [0.29, 0.717) is 24.6 Å². The first-order valence-corrected chi connectivity index (χ1v) is 5.45. The Morgan fingerprint density at radius 2 is 1.89 bits per heavy atom. The van der Waals surface area contributed by atoms with Gasteiger partial charge < -0.3 is 21.1 Å². The Hall–Kier alpha value is -1.96. The predicted molar refractivity (Wildman–Crippen MR) is 64.1 cm³/mol. The number of nitrogens with one attached hydrogen (secondary N) is 2. The Kier molecular flexibility index (Phi) is 5.43. The summed E-state index contributed by atoms with van der Waals surface area (Å²) in [6.45, 7) is -0.644. The SMILES string of the molecule is NCCOc1ccc(NC(=O)NCC(F)(F)F)cc1. The van der Waals surface area contributed by atoms with Crippen molar-refractivity contribution >= 4 is 11.7 Å². The number of halogens is 3. The highest BCUT2D eigenvalue weighted by Gasteiger charge is 2.27. The number of hydrogen-bond donors (Lipinski definition) is 3. The molecule has 1 rings (SSSR count). The summed E-state index contributed by atoms with van der Waals surface area (Å²) in [5, 5.41) is 3.96. The first kappa shape index (κ1) is 15.1. The lowest BCUT2D eigenvalue weighted by atomic mass is 10.3. The van der Waals surface area contributed by atoms with Crippen LogP contribution in [0.2, 0.25) is 0 Å². The van der Waals surface area contributed by atoms with E-state index >= 15 is 0 Å². The largest absolute Gasteiger partial charge is 0.492 e. The minimum absolute atomic E-state index is 0.360. The fraction of sp³-hybridized carbons (Fsp3) is 0.364. The van der Waals surface area contributed by atoms with E-state index in [-0.39, 0.29) is 0 Å². The van der Waals surface area contributed by atoms with Gasteiger partial charge in [-0.1, -0.05) is 0 Å². The molecule has 0 bridgehead atoms. The molecule has 1 aromatic carbocycles. The second kappa shape index (κ2) is 6.83. The summed E-state index contributed by atoms with van der Waals surface area (Å²) >= 11 is 0. The van der Waals surface area contributed by atoms with Gasteiger partial charge in [0, 0.05) is 12.2 Å². The molecule has 2 amide bonds. The number of urea groups is 1. The van der Waals surface area contributed by atoms with Crippen molar-refractivity contribution in [1.82, 2.24) is 5.32 Å². The predicted octanol–water partition coefficient (Wildman–Crippen LogP) is 1.71. The Balaban J connectivity index is 2.42. The molecule has 0 aromatic heterocycles. The zero-order valence-electron chi connectivity index (χ0n) is 9.96. The van der Waals surface area contributed by atoms with E-state index in [2.05, 4.69) is 5.32 Å². The van der Waals surface area contributed by atoms with Crippen molar-refractivity contribution in [2.45, 2.75) is 6.18 Å². The van der Waals surface area contributed by atoms with Crippen LogP contribution >= 0.6 is 0 Å². The summed E-state index contributed by atoms with van der Waals surface area (Å²) in [7, 11) is 0. The number of anilines is 1. The van der Waals surface area contributed by atoms with Crippen molar-refractivity contribution in [3.8, 4) is 5.75 Å². The third-order valence-corrected chi connectivity index (χ3v) is 1.95. The van der Waals surface area contributed by atoms with Crippen LogP contribution in [-0.2, 0) is 0 Å². The topological polar surface area (TPSA) is 76.4 Å².